The molecule has 1 aromatic heterocycles. The van der Waals surface area contributed by atoms with Crippen LogP contribution in [0.3, 0.4) is 0 Å². The minimum Gasteiger partial charge on any atom is -0.455 e. The number of aromatic nitrogens is 2. The molecule has 3 aromatic rings. The van der Waals surface area contributed by atoms with Crippen LogP contribution in [0.1, 0.15) is 12.1 Å². The van der Waals surface area contributed by atoms with E-state index in [-0.39, 0.29) is 40.2 Å². The Balaban J connectivity index is 1.74. The summed E-state index contributed by atoms with van der Waals surface area (Å²) in [6.45, 7) is 2.27. The van der Waals surface area contributed by atoms with Gasteiger partial charge in [0.15, 0.2) is 0 Å². The highest BCUT2D eigenvalue weighted by Crippen LogP contribution is 2.34. The number of carbonyl (C=O) groups excluding carboxylic acids is 1. The molecule has 1 amide bonds. The lowest BCUT2D eigenvalue weighted by Gasteiger charge is -2.11. The van der Waals surface area contributed by atoms with Crippen molar-refractivity contribution in [1.82, 2.24) is 9.78 Å². The second-order valence-electron chi connectivity index (χ2n) is 6.27. The number of ether oxygens (including phenoxy) is 1. The molecule has 0 saturated carbocycles. The first-order chi connectivity index (χ1) is 14.2. The normalized spacial score (nSPS) is 10.7. The van der Waals surface area contributed by atoms with Gasteiger partial charge in [0.1, 0.15) is 11.5 Å². The van der Waals surface area contributed by atoms with Gasteiger partial charge in [-0.1, -0.05) is 23.2 Å². The lowest BCUT2D eigenvalue weighted by Crippen LogP contribution is -2.15. The highest BCUT2D eigenvalue weighted by molar-refractivity contribution is 14.1. The Hall–Kier alpha value is -2.37. The zero-order valence-electron chi connectivity index (χ0n) is 15.6. The van der Waals surface area contributed by atoms with Gasteiger partial charge in [-0.2, -0.15) is 5.10 Å². The van der Waals surface area contributed by atoms with Crippen molar-refractivity contribution >= 4 is 63.1 Å². The van der Waals surface area contributed by atoms with Crippen LogP contribution in [0.4, 0.5) is 11.4 Å². The molecule has 2 aromatic carbocycles. The number of rotatable bonds is 7. The van der Waals surface area contributed by atoms with Crippen LogP contribution in [0.15, 0.2) is 42.6 Å². The molecule has 0 fully saturated rings. The van der Waals surface area contributed by atoms with Gasteiger partial charge in [-0.15, -0.1) is 0 Å². The van der Waals surface area contributed by atoms with Gasteiger partial charge in [-0.25, -0.2) is 0 Å². The van der Waals surface area contributed by atoms with E-state index in [1.807, 2.05) is 13.1 Å². The number of anilines is 1. The summed E-state index contributed by atoms with van der Waals surface area (Å²) in [6.07, 6.45) is 2.00. The predicted octanol–water partition coefficient (Wildman–Crippen LogP) is 5.83. The minimum atomic E-state index is -0.569. The fourth-order valence-electron chi connectivity index (χ4n) is 2.55. The molecule has 0 radical (unpaired) electrons. The highest BCUT2D eigenvalue weighted by Gasteiger charge is 2.14. The first-order valence-corrected chi connectivity index (χ1v) is 10.5. The molecular weight excluding hydrogens is 546 g/mol. The van der Waals surface area contributed by atoms with Crippen molar-refractivity contribution in [3.8, 4) is 11.5 Å². The van der Waals surface area contributed by atoms with Gasteiger partial charge < -0.3 is 10.1 Å². The van der Waals surface area contributed by atoms with Crippen LogP contribution in [0.25, 0.3) is 0 Å². The topological polar surface area (TPSA) is 99.3 Å². The summed E-state index contributed by atoms with van der Waals surface area (Å²) < 4.78 is 8.35. The molecule has 0 aliphatic carbocycles. The fourth-order valence-corrected chi connectivity index (χ4v) is 3.43. The number of benzene rings is 2. The molecule has 0 aliphatic rings. The second-order valence-corrected chi connectivity index (χ2v) is 8.28. The van der Waals surface area contributed by atoms with Crippen LogP contribution in [-0.4, -0.2) is 20.6 Å². The van der Waals surface area contributed by atoms with Crippen LogP contribution in [-0.2, 0) is 11.3 Å². The Kier molecular flexibility index (Phi) is 7.16. The van der Waals surface area contributed by atoms with Gasteiger partial charge in [0, 0.05) is 36.3 Å². The van der Waals surface area contributed by atoms with Crippen LogP contribution < -0.4 is 10.1 Å². The van der Waals surface area contributed by atoms with Crippen LogP contribution in [0, 0.1) is 20.6 Å². The van der Waals surface area contributed by atoms with Crippen molar-refractivity contribution < 1.29 is 14.5 Å². The van der Waals surface area contributed by atoms with E-state index < -0.39 is 4.92 Å². The Morgan fingerprint density at radius 2 is 2.07 bits per heavy atom. The molecule has 1 N–H and O–H groups in total. The van der Waals surface area contributed by atoms with Gasteiger partial charge in [0.25, 0.3) is 5.69 Å². The Bertz CT molecular complexity index is 1100. The Morgan fingerprint density at radius 1 is 1.30 bits per heavy atom. The molecule has 0 bridgehead atoms. The van der Waals surface area contributed by atoms with E-state index in [0.29, 0.717) is 11.6 Å². The zero-order chi connectivity index (χ0) is 21.8. The summed E-state index contributed by atoms with van der Waals surface area (Å²) in [7, 11) is 0. The number of nitrogens with one attached hydrogen (secondary N) is 1. The van der Waals surface area contributed by atoms with Crippen molar-refractivity contribution in [3.63, 3.8) is 0 Å². The average Bonchev–Trinajstić information content (AvgIpc) is 3.00. The number of halogens is 3. The molecule has 11 heteroatoms. The number of aryl methyl sites for hydroxylation is 2. The highest BCUT2D eigenvalue weighted by atomic mass is 127. The number of carbonyl (C=O) groups is 1. The van der Waals surface area contributed by atoms with E-state index >= 15 is 0 Å². The number of hydrogen-bond donors (Lipinski definition) is 1. The van der Waals surface area contributed by atoms with E-state index in [1.54, 1.807) is 16.8 Å². The Morgan fingerprint density at radius 3 is 2.70 bits per heavy atom. The summed E-state index contributed by atoms with van der Waals surface area (Å²) in [6, 6.07) is 8.62. The first kappa shape index (κ1) is 22.3. The first-order valence-electron chi connectivity index (χ1n) is 8.63. The fraction of sp³-hybridized carbons (Fsp3) is 0.158. The third-order valence-electron chi connectivity index (χ3n) is 3.96. The van der Waals surface area contributed by atoms with E-state index in [2.05, 4.69) is 33.0 Å². The second kappa shape index (κ2) is 9.63. The summed E-state index contributed by atoms with van der Waals surface area (Å²) in [5.41, 5.74) is 0.892. The summed E-state index contributed by atoms with van der Waals surface area (Å²) in [5.74, 6) is 0.123. The summed E-state index contributed by atoms with van der Waals surface area (Å²) in [4.78, 5) is 23.0. The minimum absolute atomic E-state index is 0.152. The lowest BCUT2D eigenvalue weighted by atomic mass is 10.2. The third kappa shape index (κ3) is 5.83. The number of hydrogen-bond acceptors (Lipinski definition) is 5. The van der Waals surface area contributed by atoms with Gasteiger partial charge in [0.05, 0.1) is 31.0 Å². The molecule has 8 nitrogen and oxygen atoms in total. The van der Waals surface area contributed by atoms with E-state index in [1.165, 1.54) is 24.3 Å². The van der Waals surface area contributed by atoms with Gasteiger partial charge in [-0.05, 0) is 47.7 Å². The van der Waals surface area contributed by atoms with Crippen molar-refractivity contribution in [2.45, 2.75) is 19.9 Å². The third-order valence-corrected chi connectivity index (χ3v) is 5.55. The average molecular weight is 561 g/mol. The molecular formula is C19H15Cl2IN4O4. The number of non-ortho nitro benzene ring substituents is 1. The molecule has 1 heterocycles. The molecule has 0 saturated heterocycles. The molecule has 156 valence electrons. The van der Waals surface area contributed by atoms with E-state index in [9.17, 15) is 14.9 Å². The maximum atomic E-state index is 12.3. The standard InChI is InChI=1S/C19H15Cl2IN4O4/c1-11-17(22)10-25(24-11)5-4-19(27)23-13-7-14(26(28)29)9-15(8-13)30-18-3-2-12(20)6-16(18)21/h2-3,6-10H,4-5H2,1H3,(H,23,27). The monoisotopic (exact) mass is 560 g/mol. The molecule has 0 atom stereocenters. The van der Waals surface area contributed by atoms with Crippen molar-refractivity contribution in [2.24, 2.45) is 0 Å². The quantitative estimate of drug-likeness (QED) is 0.222. The van der Waals surface area contributed by atoms with E-state index in [0.717, 1.165) is 9.26 Å². The van der Waals surface area contributed by atoms with Gasteiger partial charge in [0.2, 0.25) is 5.91 Å². The molecule has 30 heavy (non-hydrogen) atoms. The SMILES string of the molecule is Cc1nn(CCC(=O)Nc2cc(Oc3ccc(Cl)cc3Cl)cc([N+](=O)[O-])c2)cc1I. The van der Waals surface area contributed by atoms with Crippen molar-refractivity contribution in [1.29, 1.82) is 0 Å². The van der Waals surface area contributed by atoms with Crippen molar-refractivity contribution in [2.75, 3.05) is 5.32 Å². The molecule has 0 spiro atoms. The van der Waals surface area contributed by atoms with Crippen molar-refractivity contribution in [3.05, 3.63) is 72.0 Å². The largest absolute Gasteiger partial charge is 0.455 e. The van der Waals surface area contributed by atoms with Crippen LogP contribution in [0.5, 0.6) is 11.5 Å². The molecule has 0 unspecified atom stereocenters. The number of nitro benzene ring substituents is 1. The number of amides is 1. The number of nitrogens with zero attached hydrogens (tertiary/aromatic N) is 3. The number of nitro groups is 1. The summed E-state index contributed by atoms with van der Waals surface area (Å²) >= 11 is 14.1. The van der Waals surface area contributed by atoms with E-state index in [4.69, 9.17) is 27.9 Å². The lowest BCUT2D eigenvalue weighted by molar-refractivity contribution is -0.384. The van der Waals surface area contributed by atoms with Gasteiger partial charge >= 0.3 is 0 Å². The Labute approximate surface area is 195 Å². The van der Waals surface area contributed by atoms with Crippen LogP contribution >= 0.6 is 45.8 Å². The van der Waals surface area contributed by atoms with Crippen LogP contribution in [0.2, 0.25) is 10.0 Å². The smallest absolute Gasteiger partial charge is 0.275 e. The maximum Gasteiger partial charge on any atom is 0.275 e. The van der Waals surface area contributed by atoms with Gasteiger partial charge in [-0.3, -0.25) is 19.6 Å². The summed E-state index contributed by atoms with van der Waals surface area (Å²) in [5, 5.41) is 18.9. The predicted molar refractivity (Wildman–Crippen MR) is 123 cm³/mol. The maximum absolute atomic E-state index is 12.3. The zero-order valence-corrected chi connectivity index (χ0v) is 19.2. The molecule has 0 aliphatic heterocycles. The molecule has 3 rings (SSSR count).